The van der Waals surface area contributed by atoms with Crippen LogP contribution < -0.4 is 19.7 Å². The summed E-state index contributed by atoms with van der Waals surface area (Å²) in [5.74, 6) is 1.06. The molecule has 9 nitrogen and oxygen atoms in total. The van der Waals surface area contributed by atoms with Gasteiger partial charge in [-0.3, -0.25) is 4.79 Å². The first-order chi connectivity index (χ1) is 18.0. The summed E-state index contributed by atoms with van der Waals surface area (Å²) in [6, 6.07) is 17.1. The fraction of sp³-hybridized carbons (Fsp3) is 0.296. The van der Waals surface area contributed by atoms with Crippen LogP contribution in [-0.2, 0) is 4.79 Å². The fourth-order valence-corrected chi connectivity index (χ4v) is 5.21. The summed E-state index contributed by atoms with van der Waals surface area (Å²) in [4.78, 5) is 31.0. The van der Waals surface area contributed by atoms with Gasteiger partial charge in [0, 0.05) is 49.4 Å². The van der Waals surface area contributed by atoms with Gasteiger partial charge in [-0.1, -0.05) is 23.9 Å². The summed E-state index contributed by atoms with van der Waals surface area (Å²) in [6.07, 6.45) is 0. The van der Waals surface area contributed by atoms with Gasteiger partial charge in [0.05, 0.1) is 19.9 Å². The van der Waals surface area contributed by atoms with Gasteiger partial charge in [-0.05, 0) is 43.3 Å². The van der Waals surface area contributed by atoms with Crippen molar-refractivity contribution >= 4 is 35.1 Å². The van der Waals surface area contributed by atoms with E-state index >= 15 is 0 Å². The molecule has 1 fully saturated rings. The molecule has 2 aromatic rings. The van der Waals surface area contributed by atoms with Crippen molar-refractivity contribution in [2.75, 3.05) is 51.8 Å². The second-order valence-electron chi connectivity index (χ2n) is 8.29. The minimum Gasteiger partial charge on any atom is -0.497 e. The highest BCUT2D eigenvalue weighted by molar-refractivity contribution is 8.06. The first-order valence-electron chi connectivity index (χ1n) is 11.9. The molecule has 0 aromatic heterocycles. The SMILES string of the molecule is CCNC(=O)N1CCN(C(=O)C(C#N)=C2SC=C(c3cccc(OC)c3)N2c2ccc(OC)cc2)CC1. The van der Waals surface area contributed by atoms with Gasteiger partial charge < -0.3 is 29.5 Å². The standard InChI is InChI=1S/C27H29N5O4S/c1-4-29-27(34)31-14-12-30(13-15-31)25(33)23(17-28)26-32(20-8-10-21(35-2)11-9-20)24(18-37-26)19-6-5-7-22(16-19)36-3/h5-11,16,18H,4,12-15H2,1-3H3,(H,29,34). The molecular weight excluding hydrogens is 490 g/mol. The van der Waals surface area contributed by atoms with Crippen molar-refractivity contribution in [3.8, 4) is 17.6 Å². The van der Waals surface area contributed by atoms with Gasteiger partial charge >= 0.3 is 6.03 Å². The number of thioether (sulfide) groups is 1. The number of piperazine rings is 1. The minimum absolute atomic E-state index is 0.0569. The maximum absolute atomic E-state index is 13.6. The molecule has 2 aliphatic heterocycles. The molecule has 37 heavy (non-hydrogen) atoms. The normalized spacial score (nSPS) is 16.6. The van der Waals surface area contributed by atoms with E-state index in [-0.39, 0.29) is 17.5 Å². The van der Waals surface area contributed by atoms with Crippen molar-refractivity contribution < 1.29 is 19.1 Å². The Morgan fingerprint density at radius 3 is 2.30 bits per heavy atom. The summed E-state index contributed by atoms with van der Waals surface area (Å²) in [5, 5.41) is 15.4. The second kappa shape index (κ2) is 11.8. The second-order valence-corrected chi connectivity index (χ2v) is 9.15. The van der Waals surface area contributed by atoms with E-state index in [4.69, 9.17) is 9.47 Å². The number of ether oxygens (including phenoxy) is 2. The zero-order chi connectivity index (χ0) is 26.4. The smallest absolute Gasteiger partial charge is 0.317 e. The molecule has 192 valence electrons. The van der Waals surface area contributed by atoms with Crippen LogP contribution in [0.4, 0.5) is 10.5 Å². The molecular formula is C27H29N5O4S. The molecule has 4 rings (SSSR count). The van der Waals surface area contributed by atoms with Crippen LogP contribution in [-0.4, -0.2) is 68.7 Å². The van der Waals surface area contributed by atoms with Crippen LogP contribution in [0.25, 0.3) is 5.70 Å². The third-order valence-electron chi connectivity index (χ3n) is 6.14. The molecule has 0 bridgehead atoms. The third kappa shape index (κ3) is 5.52. The number of carbonyl (C=O) groups is 2. The Labute approximate surface area is 220 Å². The highest BCUT2D eigenvalue weighted by Crippen LogP contribution is 2.45. The Morgan fingerprint density at radius 1 is 1.00 bits per heavy atom. The van der Waals surface area contributed by atoms with Crippen molar-refractivity contribution in [3.05, 3.63) is 70.1 Å². The lowest BCUT2D eigenvalue weighted by atomic mass is 10.1. The summed E-state index contributed by atoms with van der Waals surface area (Å²) >= 11 is 1.34. The van der Waals surface area contributed by atoms with E-state index in [0.717, 1.165) is 16.9 Å². The van der Waals surface area contributed by atoms with E-state index in [1.807, 2.05) is 65.8 Å². The number of hydrogen-bond donors (Lipinski definition) is 1. The molecule has 2 aliphatic rings. The van der Waals surface area contributed by atoms with E-state index in [2.05, 4.69) is 11.4 Å². The number of amides is 3. The van der Waals surface area contributed by atoms with Crippen LogP contribution in [0, 0.1) is 11.3 Å². The zero-order valence-electron chi connectivity index (χ0n) is 21.1. The van der Waals surface area contributed by atoms with Crippen molar-refractivity contribution in [2.45, 2.75) is 6.92 Å². The molecule has 0 atom stereocenters. The Morgan fingerprint density at radius 2 is 1.68 bits per heavy atom. The number of hydrogen-bond acceptors (Lipinski definition) is 7. The summed E-state index contributed by atoms with van der Waals surface area (Å²) < 4.78 is 10.7. The average molecular weight is 520 g/mol. The number of benzene rings is 2. The summed E-state index contributed by atoms with van der Waals surface area (Å²) in [7, 11) is 3.22. The fourth-order valence-electron chi connectivity index (χ4n) is 4.19. The van der Waals surface area contributed by atoms with Gasteiger partial charge in [0.15, 0.2) is 0 Å². The molecule has 0 aliphatic carbocycles. The molecule has 2 heterocycles. The van der Waals surface area contributed by atoms with Gasteiger partial charge in [0.1, 0.15) is 28.2 Å². The first kappa shape index (κ1) is 26.0. The van der Waals surface area contributed by atoms with E-state index in [1.54, 1.807) is 24.0 Å². The highest BCUT2D eigenvalue weighted by atomic mass is 32.2. The van der Waals surface area contributed by atoms with Crippen molar-refractivity contribution in [3.63, 3.8) is 0 Å². The Hall–Kier alpha value is -4.10. The number of rotatable bonds is 6. The third-order valence-corrected chi connectivity index (χ3v) is 7.10. The van der Waals surface area contributed by atoms with Gasteiger partial charge in [-0.25, -0.2) is 4.79 Å². The zero-order valence-corrected chi connectivity index (χ0v) is 21.9. The van der Waals surface area contributed by atoms with Gasteiger partial charge in [0.25, 0.3) is 5.91 Å². The Bertz CT molecular complexity index is 1260. The molecule has 0 saturated carbocycles. The van der Waals surface area contributed by atoms with Crippen LogP contribution in [0.15, 0.2) is 64.5 Å². The van der Waals surface area contributed by atoms with Gasteiger partial charge in [-0.2, -0.15) is 5.26 Å². The maximum Gasteiger partial charge on any atom is 0.317 e. The van der Waals surface area contributed by atoms with E-state index in [9.17, 15) is 14.9 Å². The molecule has 0 unspecified atom stereocenters. The Kier molecular flexibility index (Phi) is 8.25. The largest absolute Gasteiger partial charge is 0.497 e. The Balaban J connectivity index is 1.67. The molecule has 1 N–H and O–H groups in total. The number of anilines is 1. The number of methoxy groups -OCH3 is 2. The average Bonchev–Trinajstić information content (AvgIpc) is 3.38. The van der Waals surface area contributed by atoms with Crippen LogP contribution >= 0.6 is 11.8 Å². The molecule has 0 radical (unpaired) electrons. The predicted octanol–water partition coefficient (Wildman–Crippen LogP) is 3.86. The molecule has 3 amide bonds. The van der Waals surface area contributed by atoms with E-state index in [0.29, 0.717) is 49.3 Å². The predicted molar refractivity (Wildman–Crippen MR) is 144 cm³/mol. The molecule has 0 spiro atoms. The van der Waals surface area contributed by atoms with Crippen LogP contribution in [0.2, 0.25) is 0 Å². The summed E-state index contributed by atoms with van der Waals surface area (Å²) in [5.41, 5.74) is 2.56. The molecule has 1 saturated heterocycles. The van der Waals surface area contributed by atoms with Crippen LogP contribution in [0.3, 0.4) is 0 Å². The van der Waals surface area contributed by atoms with Crippen molar-refractivity contribution in [2.24, 2.45) is 0 Å². The first-order valence-corrected chi connectivity index (χ1v) is 12.8. The lowest BCUT2D eigenvalue weighted by Crippen LogP contribution is -2.53. The van der Waals surface area contributed by atoms with E-state index in [1.165, 1.54) is 11.8 Å². The number of nitriles is 1. The van der Waals surface area contributed by atoms with Crippen LogP contribution in [0.1, 0.15) is 12.5 Å². The monoisotopic (exact) mass is 519 g/mol. The van der Waals surface area contributed by atoms with Gasteiger partial charge in [-0.15, -0.1) is 0 Å². The lowest BCUT2D eigenvalue weighted by molar-refractivity contribution is -0.128. The highest BCUT2D eigenvalue weighted by Gasteiger charge is 2.33. The number of carbonyl (C=O) groups excluding carboxylic acids is 2. The molecule has 2 aromatic carbocycles. The maximum atomic E-state index is 13.6. The quantitative estimate of drug-likeness (QED) is 0.457. The minimum atomic E-state index is -0.348. The molecule has 10 heteroatoms. The lowest BCUT2D eigenvalue weighted by Gasteiger charge is -2.35. The van der Waals surface area contributed by atoms with Crippen LogP contribution in [0.5, 0.6) is 11.5 Å². The topological polar surface area (TPSA) is 98.1 Å². The van der Waals surface area contributed by atoms with E-state index < -0.39 is 0 Å². The van der Waals surface area contributed by atoms with Gasteiger partial charge in [0.2, 0.25) is 0 Å². The number of urea groups is 1. The number of nitrogens with zero attached hydrogens (tertiary/aromatic N) is 4. The number of nitrogens with one attached hydrogen (secondary N) is 1. The summed E-state index contributed by atoms with van der Waals surface area (Å²) in [6.45, 7) is 3.95. The van der Waals surface area contributed by atoms with Crippen molar-refractivity contribution in [1.82, 2.24) is 15.1 Å². The van der Waals surface area contributed by atoms with Crippen molar-refractivity contribution in [1.29, 1.82) is 5.26 Å².